The fraction of sp³-hybridized carbons (Fsp3) is 0.222. The Labute approximate surface area is 94.5 Å². The molecular formula is C9H9BrN4O. The zero-order chi connectivity index (χ0) is 11.0. The van der Waals surface area contributed by atoms with Gasteiger partial charge in [0, 0.05) is 18.6 Å². The van der Waals surface area contributed by atoms with E-state index in [1.807, 2.05) is 0 Å². The molecule has 2 N–H and O–H groups in total. The molecule has 0 aliphatic heterocycles. The first-order valence-corrected chi connectivity index (χ1v) is 5.18. The standard InChI is InChI=1S/C9H9BrN4O/c1-5(11)7(15)6-4-14-3-2-12-8(10)9(14)13-6/h2-5H,11H2,1H3. The van der Waals surface area contributed by atoms with Crippen LogP contribution in [0.5, 0.6) is 0 Å². The van der Waals surface area contributed by atoms with E-state index in [9.17, 15) is 4.79 Å². The number of ketones is 1. The second-order valence-corrected chi connectivity index (χ2v) is 3.98. The van der Waals surface area contributed by atoms with Crippen molar-refractivity contribution >= 4 is 27.4 Å². The molecule has 15 heavy (non-hydrogen) atoms. The molecule has 0 amide bonds. The molecule has 0 aliphatic carbocycles. The van der Waals surface area contributed by atoms with Crippen molar-refractivity contribution in [2.45, 2.75) is 13.0 Å². The first-order chi connectivity index (χ1) is 7.09. The van der Waals surface area contributed by atoms with Crippen LogP contribution in [0.1, 0.15) is 17.4 Å². The lowest BCUT2D eigenvalue weighted by atomic mass is 10.2. The minimum atomic E-state index is -0.540. The third-order valence-electron chi connectivity index (χ3n) is 2.00. The van der Waals surface area contributed by atoms with Crippen molar-refractivity contribution < 1.29 is 4.79 Å². The van der Waals surface area contributed by atoms with Crippen molar-refractivity contribution in [3.63, 3.8) is 0 Å². The number of carbonyl (C=O) groups is 1. The Bertz CT molecular complexity index is 520. The number of carbonyl (C=O) groups excluding carboxylic acids is 1. The lowest BCUT2D eigenvalue weighted by Gasteiger charge is -1.97. The molecule has 1 unspecified atom stereocenters. The third-order valence-corrected chi connectivity index (χ3v) is 2.56. The minimum absolute atomic E-state index is 0.175. The molecule has 0 spiro atoms. The molecule has 0 bridgehead atoms. The van der Waals surface area contributed by atoms with E-state index in [2.05, 4.69) is 25.9 Å². The van der Waals surface area contributed by atoms with Gasteiger partial charge < -0.3 is 10.1 Å². The average Bonchev–Trinajstić information content (AvgIpc) is 2.61. The predicted molar refractivity (Wildman–Crippen MR) is 58.7 cm³/mol. The zero-order valence-electron chi connectivity index (χ0n) is 8.01. The Morgan fingerprint density at radius 1 is 1.67 bits per heavy atom. The maximum atomic E-state index is 11.6. The van der Waals surface area contributed by atoms with E-state index < -0.39 is 6.04 Å². The van der Waals surface area contributed by atoms with E-state index in [0.717, 1.165) is 0 Å². The molecule has 6 heteroatoms. The zero-order valence-corrected chi connectivity index (χ0v) is 9.60. The van der Waals surface area contributed by atoms with E-state index in [0.29, 0.717) is 15.9 Å². The Balaban J connectivity index is 2.57. The highest BCUT2D eigenvalue weighted by Gasteiger charge is 2.15. The van der Waals surface area contributed by atoms with Gasteiger partial charge in [-0.25, -0.2) is 9.97 Å². The van der Waals surface area contributed by atoms with Gasteiger partial charge in [0.2, 0.25) is 0 Å². The highest BCUT2D eigenvalue weighted by atomic mass is 79.9. The first kappa shape index (κ1) is 10.3. The molecule has 0 saturated carbocycles. The van der Waals surface area contributed by atoms with E-state index in [1.165, 1.54) is 0 Å². The maximum Gasteiger partial charge on any atom is 0.199 e. The van der Waals surface area contributed by atoms with Gasteiger partial charge in [0.15, 0.2) is 11.4 Å². The number of halogens is 1. The topological polar surface area (TPSA) is 73.3 Å². The number of hydrogen-bond donors (Lipinski definition) is 1. The lowest BCUT2D eigenvalue weighted by Crippen LogP contribution is -2.26. The second kappa shape index (κ2) is 3.71. The van der Waals surface area contributed by atoms with Gasteiger partial charge in [-0.3, -0.25) is 4.79 Å². The molecule has 2 aromatic rings. The van der Waals surface area contributed by atoms with E-state index in [-0.39, 0.29) is 5.78 Å². The number of hydrogen-bond acceptors (Lipinski definition) is 4. The number of nitrogens with zero attached hydrogens (tertiary/aromatic N) is 3. The van der Waals surface area contributed by atoms with Gasteiger partial charge in [-0.2, -0.15) is 0 Å². The summed E-state index contributed by atoms with van der Waals surface area (Å²) in [6, 6.07) is -0.540. The molecule has 0 radical (unpaired) electrons. The van der Waals surface area contributed by atoms with E-state index >= 15 is 0 Å². The smallest absolute Gasteiger partial charge is 0.199 e. The van der Waals surface area contributed by atoms with Crippen molar-refractivity contribution in [3.8, 4) is 0 Å². The summed E-state index contributed by atoms with van der Waals surface area (Å²) in [6.07, 6.45) is 5.00. The summed E-state index contributed by atoms with van der Waals surface area (Å²) in [5.41, 5.74) is 6.47. The molecule has 0 aliphatic rings. The minimum Gasteiger partial charge on any atom is -0.321 e. The van der Waals surface area contributed by atoms with Crippen LogP contribution in [-0.2, 0) is 0 Å². The number of fused-ring (bicyclic) bond motifs is 1. The van der Waals surface area contributed by atoms with Crippen LogP contribution in [0.3, 0.4) is 0 Å². The van der Waals surface area contributed by atoms with Crippen molar-refractivity contribution in [2.75, 3.05) is 0 Å². The largest absolute Gasteiger partial charge is 0.321 e. The fourth-order valence-electron chi connectivity index (χ4n) is 1.24. The number of rotatable bonds is 2. The lowest BCUT2D eigenvalue weighted by molar-refractivity contribution is 0.0963. The van der Waals surface area contributed by atoms with Crippen LogP contribution < -0.4 is 5.73 Å². The van der Waals surface area contributed by atoms with Crippen LogP contribution in [0.4, 0.5) is 0 Å². The Hall–Kier alpha value is -1.27. The fourth-order valence-corrected chi connectivity index (χ4v) is 1.65. The van der Waals surface area contributed by atoms with Crippen LogP contribution in [0.2, 0.25) is 0 Å². The summed E-state index contributed by atoms with van der Waals surface area (Å²) in [5, 5.41) is 0. The predicted octanol–water partition coefficient (Wildman–Crippen LogP) is 1.02. The number of imidazole rings is 1. The molecule has 2 heterocycles. The van der Waals surface area contributed by atoms with Gasteiger partial charge in [-0.15, -0.1) is 0 Å². The van der Waals surface area contributed by atoms with Gasteiger partial charge in [0.1, 0.15) is 10.3 Å². The van der Waals surface area contributed by atoms with Crippen LogP contribution in [0.15, 0.2) is 23.2 Å². The van der Waals surface area contributed by atoms with Crippen LogP contribution in [0.25, 0.3) is 5.65 Å². The number of nitrogens with two attached hydrogens (primary N) is 1. The SMILES string of the molecule is CC(N)C(=O)c1cn2ccnc(Br)c2n1. The molecule has 0 aromatic carbocycles. The third kappa shape index (κ3) is 1.78. The van der Waals surface area contributed by atoms with E-state index in [4.69, 9.17) is 5.73 Å². The summed E-state index contributed by atoms with van der Waals surface area (Å²) in [5.74, 6) is -0.175. The normalized spacial score (nSPS) is 13.0. The van der Waals surface area contributed by atoms with Crippen LogP contribution >= 0.6 is 15.9 Å². The summed E-state index contributed by atoms with van der Waals surface area (Å²) < 4.78 is 2.33. The molecule has 0 fully saturated rings. The monoisotopic (exact) mass is 268 g/mol. The van der Waals surface area contributed by atoms with Crippen molar-refractivity contribution in [1.82, 2.24) is 14.4 Å². The van der Waals surface area contributed by atoms with Crippen LogP contribution in [0, 0.1) is 0 Å². The first-order valence-electron chi connectivity index (χ1n) is 4.38. The van der Waals surface area contributed by atoms with Gasteiger partial charge in [0.05, 0.1) is 6.04 Å². The molecule has 2 aromatic heterocycles. The summed E-state index contributed by atoms with van der Waals surface area (Å²) >= 11 is 3.26. The van der Waals surface area contributed by atoms with Gasteiger partial charge in [0.25, 0.3) is 0 Å². The molecule has 1 atom stereocenters. The molecule has 0 saturated heterocycles. The highest BCUT2D eigenvalue weighted by molar-refractivity contribution is 9.10. The maximum absolute atomic E-state index is 11.6. The van der Waals surface area contributed by atoms with Gasteiger partial charge in [-0.05, 0) is 22.9 Å². The molecule has 78 valence electrons. The molecular weight excluding hydrogens is 260 g/mol. The van der Waals surface area contributed by atoms with Crippen molar-refractivity contribution in [2.24, 2.45) is 5.73 Å². The van der Waals surface area contributed by atoms with Gasteiger partial charge in [-0.1, -0.05) is 0 Å². The van der Waals surface area contributed by atoms with Crippen molar-refractivity contribution in [3.05, 3.63) is 28.9 Å². The van der Waals surface area contributed by atoms with Crippen molar-refractivity contribution in [1.29, 1.82) is 0 Å². The summed E-state index contributed by atoms with van der Waals surface area (Å²) in [7, 11) is 0. The quantitative estimate of drug-likeness (QED) is 0.826. The summed E-state index contributed by atoms with van der Waals surface area (Å²) in [4.78, 5) is 19.8. The number of Topliss-reactive ketones (excluding diaryl/α,β-unsaturated/α-hetero) is 1. The highest BCUT2D eigenvalue weighted by Crippen LogP contribution is 2.14. The average molecular weight is 269 g/mol. The molecule has 2 rings (SSSR count). The Kier molecular flexibility index (Phi) is 2.54. The summed E-state index contributed by atoms with van der Waals surface area (Å²) in [6.45, 7) is 1.64. The second-order valence-electron chi connectivity index (χ2n) is 3.23. The van der Waals surface area contributed by atoms with Gasteiger partial charge >= 0.3 is 0 Å². The Morgan fingerprint density at radius 3 is 3.00 bits per heavy atom. The van der Waals surface area contributed by atoms with E-state index in [1.54, 1.807) is 29.9 Å². The Morgan fingerprint density at radius 2 is 2.40 bits per heavy atom. The number of aromatic nitrogens is 3. The van der Waals surface area contributed by atoms with Crippen LogP contribution in [-0.4, -0.2) is 26.2 Å². The molecule has 5 nitrogen and oxygen atoms in total.